The third kappa shape index (κ3) is 3.66. The van der Waals surface area contributed by atoms with Gasteiger partial charge in [-0.1, -0.05) is 6.07 Å². The number of amides is 1. The molecule has 1 amide bonds. The molecule has 3 aromatic heterocycles. The second-order valence-corrected chi connectivity index (χ2v) is 5.93. The molecule has 0 unspecified atom stereocenters. The molecular weight excluding hydrogens is 349 g/mol. The number of imidazole rings is 1. The van der Waals surface area contributed by atoms with E-state index in [4.69, 9.17) is 0 Å². The van der Waals surface area contributed by atoms with Gasteiger partial charge in [0.2, 0.25) is 5.91 Å². The summed E-state index contributed by atoms with van der Waals surface area (Å²) in [7, 11) is 0. The number of hydrogen-bond acceptors (Lipinski definition) is 5. The lowest BCUT2D eigenvalue weighted by molar-refractivity contribution is -0.121. The van der Waals surface area contributed by atoms with Gasteiger partial charge in [0.25, 0.3) is 0 Å². The highest BCUT2D eigenvalue weighted by Crippen LogP contribution is 2.15. The van der Waals surface area contributed by atoms with Crippen molar-refractivity contribution in [1.29, 1.82) is 0 Å². The zero-order chi connectivity index (χ0) is 18.6. The van der Waals surface area contributed by atoms with Crippen molar-refractivity contribution in [3.63, 3.8) is 0 Å². The van der Waals surface area contributed by atoms with Crippen LogP contribution in [0.3, 0.4) is 0 Å². The summed E-state index contributed by atoms with van der Waals surface area (Å²) in [6.07, 6.45) is 5.35. The van der Waals surface area contributed by atoms with Crippen molar-refractivity contribution in [3.05, 3.63) is 60.7 Å². The van der Waals surface area contributed by atoms with Crippen LogP contribution < -0.4 is 5.32 Å². The van der Waals surface area contributed by atoms with E-state index in [1.165, 1.54) is 12.4 Å². The molecule has 0 saturated carbocycles. The first-order valence-electron chi connectivity index (χ1n) is 8.38. The van der Waals surface area contributed by atoms with Crippen LogP contribution in [0.2, 0.25) is 0 Å². The number of carbonyl (C=O) groups is 1. The van der Waals surface area contributed by atoms with Crippen LogP contribution in [0.15, 0.2) is 49.1 Å². The van der Waals surface area contributed by atoms with Gasteiger partial charge in [-0.2, -0.15) is 5.10 Å². The predicted molar refractivity (Wildman–Crippen MR) is 96.0 cm³/mol. The predicted octanol–water partition coefficient (Wildman–Crippen LogP) is 1.71. The van der Waals surface area contributed by atoms with Crippen LogP contribution in [0.25, 0.3) is 22.4 Å². The summed E-state index contributed by atoms with van der Waals surface area (Å²) in [6, 6.07) is 8.36. The third-order valence-electron chi connectivity index (χ3n) is 4.05. The summed E-state index contributed by atoms with van der Waals surface area (Å²) in [5.74, 6) is 0.646. The molecule has 0 atom stereocenters. The van der Waals surface area contributed by atoms with Crippen LogP contribution in [0.1, 0.15) is 5.82 Å². The second kappa shape index (κ2) is 7.32. The zero-order valence-corrected chi connectivity index (χ0v) is 14.3. The molecule has 27 heavy (non-hydrogen) atoms. The van der Waals surface area contributed by atoms with E-state index in [1.54, 1.807) is 29.1 Å². The molecule has 0 aliphatic rings. The van der Waals surface area contributed by atoms with Gasteiger partial charge in [-0.15, -0.1) is 0 Å². The Hall–Kier alpha value is -3.62. The molecule has 2 N–H and O–H groups in total. The fourth-order valence-electron chi connectivity index (χ4n) is 2.74. The number of pyridine rings is 1. The zero-order valence-electron chi connectivity index (χ0n) is 14.3. The SMILES string of the molecule is O=C(Cn1cnc2c(F)cccc21)NCCc1nc(-c2cccnc2)n[nH]1. The molecule has 4 aromatic rings. The van der Waals surface area contributed by atoms with Crippen LogP contribution in [0.4, 0.5) is 4.39 Å². The van der Waals surface area contributed by atoms with Crippen molar-refractivity contribution in [2.75, 3.05) is 6.54 Å². The summed E-state index contributed by atoms with van der Waals surface area (Å²) in [5, 5.41) is 9.82. The number of nitrogens with zero attached hydrogens (tertiary/aromatic N) is 5. The minimum absolute atomic E-state index is 0.0668. The number of carbonyl (C=O) groups excluding carboxylic acids is 1. The number of hydrogen-bond donors (Lipinski definition) is 2. The van der Waals surface area contributed by atoms with Gasteiger partial charge in [0.05, 0.1) is 11.8 Å². The summed E-state index contributed by atoms with van der Waals surface area (Å²) < 4.78 is 15.3. The van der Waals surface area contributed by atoms with Crippen molar-refractivity contribution >= 4 is 16.9 Å². The number of aromatic amines is 1. The van der Waals surface area contributed by atoms with E-state index in [1.807, 2.05) is 12.1 Å². The van der Waals surface area contributed by atoms with Crippen LogP contribution in [-0.2, 0) is 17.8 Å². The van der Waals surface area contributed by atoms with Gasteiger partial charge in [0.1, 0.15) is 17.9 Å². The molecule has 8 nitrogen and oxygen atoms in total. The first-order chi connectivity index (χ1) is 13.2. The van der Waals surface area contributed by atoms with E-state index in [0.717, 1.165) is 5.56 Å². The van der Waals surface area contributed by atoms with Gasteiger partial charge in [-0.3, -0.25) is 14.9 Å². The van der Waals surface area contributed by atoms with Crippen LogP contribution >= 0.6 is 0 Å². The van der Waals surface area contributed by atoms with Gasteiger partial charge in [-0.25, -0.2) is 14.4 Å². The molecule has 0 saturated heterocycles. The monoisotopic (exact) mass is 365 g/mol. The molecule has 0 spiro atoms. The van der Waals surface area contributed by atoms with E-state index < -0.39 is 5.82 Å². The van der Waals surface area contributed by atoms with Crippen LogP contribution in [-0.4, -0.2) is 42.2 Å². The van der Waals surface area contributed by atoms with E-state index in [2.05, 4.69) is 30.5 Å². The quantitative estimate of drug-likeness (QED) is 0.542. The standard InChI is InChI=1S/C18H16FN7O/c19-13-4-1-5-14-17(13)22-11-26(14)10-16(27)21-8-6-15-23-18(25-24-15)12-3-2-7-20-9-12/h1-5,7,9,11H,6,8,10H2,(H,21,27)(H,23,24,25). The Balaban J connectivity index is 1.32. The van der Waals surface area contributed by atoms with Gasteiger partial charge < -0.3 is 9.88 Å². The summed E-state index contributed by atoms with van der Waals surface area (Å²) >= 11 is 0. The number of aromatic nitrogens is 6. The Labute approximate surface area is 153 Å². The highest BCUT2D eigenvalue weighted by atomic mass is 19.1. The maximum Gasteiger partial charge on any atom is 0.240 e. The first kappa shape index (κ1) is 16.8. The number of para-hydroxylation sites is 1. The molecule has 3 heterocycles. The lowest BCUT2D eigenvalue weighted by atomic mass is 10.3. The fourth-order valence-corrected chi connectivity index (χ4v) is 2.74. The van der Waals surface area contributed by atoms with E-state index in [9.17, 15) is 9.18 Å². The number of benzene rings is 1. The number of halogens is 1. The average molecular weight is 365 g/mol. The number of fused-ring (bicyclic) bond motifs is 1. The van der Waals surface area contributed by atoms with E-state index >= 15 is 0 Å². The van der Waals surface area contributed by atoms with Crippen molar-refractivity contribution in [2.24, 2.45) is 0 Å². The Morgan fingerprint density at radius 3 is 3.04 bits per heavy atom. The van der Waals surface area contributed by atoms with E-state index in [0.29, 0.717) is 30.1 Å². The van der Waals surface area contributed by atoms with Crippen molar-refractivity contribution in [2.45, 2.75) is 13.0 Å². The normalized spacial score (nSPS) is 11.0. The molecule has 9 heteroatoms. The van der Waals surface area contributed by atoms with Crippen LogP contribution in [0, 0.1) is 5.82 Å². The lowest BCUT2D eigenvalue weighted by Crippen LogP contribution is -2.29. The van der Waals surface area contributed by atoms with Crippen molar-refractivity contribution in [3.8, 4) is 11.4 Å². The minimum atomic E-state index is -0.401. The van der Waals surface area contributed by atoms with Gasteiger partial charge in [-0.05, 0) is 24.3 Å². The highest BCUT2D eigenvalue weighted by molar-refractivity contribution is 5.80. The van der Waals surface area contributed by atoms with Gasteiger partial charge in [0.15, 0.2) is 11.6 Å². The van der Waals surface area contributed by atoms with Crippen molar-refractivity contribution in [1.82, 2.24) is 35.0 Å². The summed E-state index contributed by atoms with van der Waals surface area (Å²) in [4.78, 5) is 24.6. The maximum absolute atomic E-state index is 13.7. The highest BCUT2D eigenvalue weighted by Gasteiger charge is 2.10. The smallest absolute Gasteiger partial charge is 0.240 e. The Bertz CT molecular complexity index is 1070. The van der Waals surface area contributed by atoms with Crippen LogP contribution in [0.5, 0.6) is 0 Å². The van der Waals surface area contributed by atoms with E-state index in [-0.39, 0.29) is 18.0 Å². The summed E-state index contributed by atoms with van der Waals surface area (Å²) in [5.41, 5.74) is 1.67. The third-order valence-corrected chi connectivity index (χ3v) is 4.05. The van der Waals surface area contributed by atoms with Gasteiger partial charge >= 0.3 is 0 Å². The van der Waals surface area contributed by atoms with Gasteiger partial charge in [0, 0.05) is 30.9 Å². The molecule has 0 bridgehead atoms. The molecule has 1 aromatic carbocycles. The number of rotatable bonds is 6. The molecule has 0 radical (unpaired) electrons. The molecular formula is C18H16FN7O. The molecule has 0 aliphatic carbocycles. The maximum atomic E-state index is 13.7. The largest absolute Gasteiger partial charge is 0.354 e. The molecule has 136 valence electrons. The molecule has 0 fully saturated rings. The lowest BCUT2D eigenvalue weighted by Gasteiger charge is -2.06. The first-order valence-corrected chi connectivity index (χ1v) is 8.38. The second-order valence-electron chi connectivity index (χ2n) is 5.93. The Morgan fingerprint density at radius 1 is 1.26 bits per heavy atom. The van der Waals surface area contributed by atoms with Crippen molar-refractivity contribution < 1.29 is 9.18 Å². The molecule has 0 aliphatic heterocycles. The topological polar surface area (TPSA) is 101 Å². The fraction of sp³-hybridized carbons (Fsp3) is 0.167. The number of nitrogens with one attached hydrogen (secondary N) is 2. The summed E-state index contributed by atoms with van der Waals surface area (Å²) in [6.45, 7) is 0.471. The Morgan fingerprint density at radius 2 is 2.19 bits per heavy atom. The Kier molecular flexibility index (Phi) is 4.56. The number of H-pyrrole nitrogens is 1. The minimum Gasteiger partial charge on any atom is -0.354 e. The molecule has 4 rings (SSSR count). The average Bonchev–Trinajstić information content (AvgIpc) is 3.31.